The molecule has 0 unspecified atom stereocenters. The molecule has 1 fully saturated rings. The second-order valence-electron chi connectivity index (χ2n) is 10.7. The molecule has 3 amide bonds. The maximum absolute atomic E-state index is 12.8. The zero-order valence-electron chi connectivity index (χ0n) is 26.1. The Labute approximate surface area is 241 Å². The Balaban J connectivity index is 1.45. The molecule has 3 heterocycles. The number of benzene rings is 1. The van der Waals surface area contributed by atoms with Gasteiger partial charge in [-0.25, -0.2) is 14.5 Å². The van der Waals surface area contributed by atoms with Gasteiger partial charge in [-0.15, -0.1) is 10.2 Å². The number of hydrogen-bond acceptors (Lipinski definition) is 10. The first-order valence-corrected chi connectivity index (χ1v) is 13.1. The maximum atomic E-state index is 12.8. The number of nitrogens with one attached hydrogen (secondary N) is 3. The van der Waals surface area contributed by atoms with Crippen molar-refractivity contribution in [2.45, 2.75) is 52.3 Å². The number of para-hydroxylation sites is 1. The monoisotopic (exact) mass is 566 g/mol. The van der Waals surface area contributed by atoms with Crippen LogP contribution in [0.25, 0.3) is 11.4 Å². The third-order valence-corrected chi connectivity index (χ3v) is 6.37. The average molecular weight is 567 g/mol. The van der Waals surface area contributed by atoms with Crippen LogP contribution < -0.4 is 20.7 Å². The molecule has 1 aromatic carbocycles. The first-order valence-electron chi connectivity index (χ1n) is 14.6. The molecule has 2 aliphatic rings. The van der Waals surface area contributed by atoms with Crippen molar-refractivity contribution in [1.82, 2.24) is 35.2 Å². The smallest absolute Gasteiger partial charge is 0.410 e. The van der Waals surface area contributed by atoms with E-state index in [0.717, 1.165) is 12.8 Å². The van der Waals surface area contributed by atoms with Gasteiger partial charge in [0.2, 0.25) is 5.91 Å². The zero-order valence-corrected chi connectivity index (χ0v) is 23.1. The fourth-order valence-corrected chi connectivity index (χ4v) is 4.26. The summed E-state index contributed by atoms with van der Waals surface area (Å²) in [5.41, 5.74) is 0.0313. The zero-order chi connectivity index (χ0) is 31.8. The predicted molar refractivity (Wildman–Crippen MR) is 149 cm³/mol. The highest BCUT2D eigenvalue weighted by atomic mass is 16.6. The topological polar surface area (TPSA) is 165 Å². The van der Waals surface area contributed by atoms with Crippen molar-refractivity contribution < 1.29 is 28.0 Å². The second kappa shape index (κ2) is 11.0. The minimum atomic E-state index is -2.77. The van der Waals surface area contributed by atoms with E-state index in [1.54, 1.807) is 48.6 Å². The van der Waals surface area contributed by atoms with E-state index in [0.29, 0.717) is 41.7 Å². The Hall–Kier alpha value is -4.75. The Morgan fingerprint density at radius 3 is 2.63 bits per heavy atom. The summed E-state index contributed by atoms with van der Waals surface area (Å²) in [6.45, 7) is 3.68. The number of fused-ring (bicyclic) bond motifs is 1. The third-order valence-electron chi connectivity index (χ3n) is 6.37. The van der Waals surface area contributed by atoms with Crippen molar-refractivity contribution in [1.29, 1.82) is 0 Å². The fraction of sp³-hybridized carbons (Fsp3) is 0.444. The standard InChI is InChI=1S/C27H33N9O5/c1-27(2,3)41-26(39)35-11-12-36-20(14-35)31-23(34-36)16-7-6-8-17(22(16)40-5)29-18-13-19(30-24(37)15-9-10-15)32-33-21(18)25(38)28-4/h6-8,13,15H,9-12,14H2,1-5H3,(H,28,38)(H2,29,30,32,37)/i4D3. The van der Waals surface area contributed by atoms with Crippen LogP contribution in [0.2, 0.25) is 0 Å². The molecule has 1 aliphatic carbocycles. The largest absolute Gasteiger partial charge is 0.494 e. The van der Waals surface area contributed by atoms with Crippen molar-refractivity contribution in [2.75, 3.05) is 31.3 Å². The average Bonchev–Trinajstić information content (AvgIpc) is 3.70. The molecule has 3 N–H and O–H groups in total. The summed E-state index contributed by atoms with van der Waals surface area (Å²) in [5, 5.41) is 20.1. The predicted octanol–water partition coefficient (Wildman–Crippen LogP) is 2.95. The van der Waals surface area contributed by atoms with E-state index in [-0.39, 0.29) is 35.6 Å². The molecular weight excluding hydrogens is 530 g/mol. The Morgan fingerprint density at radius 1 is 1.12 bits per heavy atom. The van der Waals surface area contributed by atoms with Crippen LogP contribution in [0, 0.1) is 5.92 Å². The Morgan fingerprint density at radius 2 is 1.93 bits per heavy atom. The summed E-state index contributed by atoms with van der Waals surface area (Å²) in [6, 6.07) is 6.55. The summed E-state index contributed by atoms with van der Waals surface area (Å²) in [6.07, 6.45) is 1.12. The summed E-state index contributed by atoms with van der Waals surface area (Å²) in [7, 11) is 1.46. The Bertz CT molecular complexity index is 1600. The molecule has 1 aliphatic heterocycles. The number of carbonyl (C=O) groups is 3. The number of methoxy groups -OCH3 is 1. The lowest BCUT2D eigenvalue weighted by atomic mass is 10.1. The summed E-state index contributed by atoms with van der Waals surface area (Å²) in [5.74, 6) is 0.00310. The minimum Gasteiger partial charge on any atom is -0.494 e. The van der Waals surface area contributed by atoms with Gasteiger partial charge >= 0.3 is 6.09 Å². The molecule has 216 valence electrons. The van der Waals surface area contributed by atoms with E-state index in [9.17, 15) is 14.4 Å². The number of hydrogen-bond donors (Lipinski definition) is 3. The lowest BCUT2D eigenvalue weighted by Gasteiger charge is -2.29. The number of ether oxygens (including phenoxy) is 2. The number of nitrogens with zero attached hydrogens (tertiary/aromatic N) is 6. The normalized spacial score (nSPS) is 16.0. The number of aromatic nitrogens is 5. The summed E-state index contributed by atoms with van der Waals surface area (Å²) in [4.78, 5) is 44.0. The van der Waals surface area contributed by atoms with Crippen molar-refractivity contribution in [2.24, 2.45) is 5.92 Å². The van der Waals surface area contributed by atoms with E-state index in [1.165, 1.54) is 13.2 Å². The second-order valence-corrected chi connectivity index (χ2v) is 10.7. The van der Waals surface area contributed by atoms with Gasteiger partial charge < -0.3 is 25.4 Å². The number of carbonyl (C=O) groups excluding carboxylic acids is 3. The van der Waals surface area contributed by atoms with Crippen molar-refractivity contribution >= 4 is 35.1 Å². The van der Waals surface area contributed by atoms with E-state index in [2.05, 4.69) is 30.9 Å². The van der Waals surface area contributed by atoms with E-state index < -0.39 is 24.6 Å². The summed E-state index contributed by atoms with van der Waals surface area (Å²) < 4.78 is 35.2. The number of rotatable bonds is 7. The van der Waals surface area contributed by atoms with Gasteiger partial charge in [0.25, 0.3) is 5.91 Å². The van der Waals surface area contributed by atoms with Gasteiger partial charge in [0, 0.05) is 29.6 Å². The molecule has 41 heavy (non-hydrogen) atoms. The number of anilines is 3. The Kier molecular flexibility index (Phi) is 6.47. The third kappa shape index (κ3) is 6.21. The van der Waals surface area contributed by atoms with Crippen LogP contribution in [0.5, 0.6) is 5.75 Å². The van der Waals surface area contributed by atoms with Gasteiger partial charge in [0.1, 0.15) is 11.4 Å². The molecule has 3 aromatic rings. The van der Waals surface area contributed by atoms with Crippen LogP contribution in [-0.2, 0) is 22.6 Å². The molecule has 0 radical (unpaired) electrons. The van der Waals surface area contributed by atoms with Crippen LogP contribution in [0.15, 0.2) is 24.3 Å². The highest BCUT2D eigenvalue weighted by Crippen LogP contribution is 2.38. The van der Waals surface area contributed by atoms with Crippen LogP contribution in [0.3, 0.4) is 0 Å². The molecule has 1 saturated carbocycles. The van der Waals surface area contributed by atoms with Gasteiger partial charge in [0.05, 0.1) is 37.1 Å². The van der Waals surface area contributed by atoms with E-state index >= 15 is 0 Å². The minimum absolute atomic E-state index is 0.0772. The van der Waals surface area contributed by atoms with Gasteiger partial charge in [-0.1, -0.05) is 6.07 Å². The van der Waals surface area contributed by atoms with Gasteiger partial charge in [-0.2, -0.15) is 5.10 Å². The van der Waals surface area contributed by atoms with Crippen molar-refractivity contribution in [3.63, 3.8) is 0 Å². The van der Waals surface area contributed by atoms with E-state index in [4.69, 9.17) is 13.6 Å². The summed E-state index contributed by atoms with van der Waals surface area (Å²) >= 11 is 0. The highest BCUT2D eigenvalue weighted by Gasteiger charge is 2.31. The molecule has 14 heteroatoms. The first kappa shape index (κ1) is 24.1. The fourth-order valence-electron chi connectivity index (χ4n) is 4.26. The van der Waals surface area contributed by atoms with Crippen molar-refractivity contribution in [3.05, 3.63) is 35.8 Å². The molecule has 14 nitrogen and oxygen atoms in total. The van der Waals surface area contributed by atoms with Gasteiger partial charge in [-0.3, -0.25) is 14.5 Å². The van der Waals surface area contributed by atoms with Crippen LogP contribution in [0.4, 0.5) is 22.0 Å². The first-order chi connectivity index (χ1) is 20.7. The SMILES string of the molecule is [2H]C([2H])([2H])NC(=O)c1nnc(NC(=O)C2CC2)cc1Nc1cccc(-c2nc3n(n2)CCN(C(=O)OC(C)(C)C)C3)c1OC. The molecule has 0 atom stereocenters. The van der Waals surface area contributed by atoms with Crippen LogP contribution in [0.1, 0.15) is 54.0 Å². The quantitative estimate of drug-likeness (QED) is 0.387. The molecule has 5 rings (SSSR count). The van der Waals surface area contributed by atoms with Gasteiger partial charge in [-0.05, 0) is 45.7 Å². The molecule has 0 bridgehead atoms. The lowest BCUT2D eigenvalue weighted by Crippen LogP contribution is -2.41. The highest BCUT2D eigenvalue weighted by molar-refractivity contribution is 6.00. The lowest BCUT2D eigenvalue weighted by molar-refractivity contribution is -0.117. The molecular formula is C27H33N9O5. The molecule has 0 saturated heterocycles. The maximum Gasteiger partial charge on any atom is 0.410 e. The molecule has 2 aromatic heterocycles. The van der Waals surface area contributed by atoms with Crippen LogP contribution in [-0.4, -0.2) is 74.0 Å². The van der Waals surface area contributed by atoms with Crippen molar-refractivity contribution in [3.8, 4) is 17.1 Å². The van der Waals surface area contributed by atoms with E-state index in [1.807, 2.05) is 5.32 Å². The number of amides is 3. The van der Waals surface area contributed by atoms with Gasteiger partial charge in [0.15, 0.2) is 23.1 Å². The molecule has 0 spiro atoms. The van der Waals surface area contributed by atoms with Crippen LogP contribution >= 0.6 is 0 Å².